The molecule has 0 bridgehead atoms. The van der Waals surface area contributed by atoms with Crippen LogP contribution in [0.5, 0.6) is 0 Å². The van der Waals surface area contributed by atoms with Gasteiger partial charge in [0.1, 0.15) is 0 Å². The number of anilines is 2. The largest absolute Gasteiger partial charge is 0.326 e. The maximum atomic E-state index is 13.2. The molecule has 190 valence electrons. The number of sulfonamides is 1. The zero-order valence-corrected chi connectivity index (χ0v) is 22.4. The van der Waals surface area contributed by atoms with Crippen LogP contribution < -0.4 is 10.2 Å². The summed E-state index contributed by atoms with van der Waals surface area (Å²) in [6.07, 6.45) is 0.144. The van der Waals surface area contributed by atoms with E-state index in [1.54, 1.807) is 17.0 Å². The van der Waals surface area contributed by atoms with Gasteiger partial charge in [-0.3, -0.25) is 9.59 Å². The molecule has 8 heteroatoms. The lowest BCUT2D eigenvalue weighted by atomic mass is 10.1. The van der Waals surface area contributed by atoms with Crippen molar-refractivity contribution in [1.82, 2.24) is 4.31 Å². The van der Waals surface area contributed by atoms with Crippen LogP contribution in [-0.4, -0.2) is 44.2 Å². The number of benzene rings is 2. The Balaban J connectivity index is 1.70. The molecule has 35 heavy (non-hydrogen) atoms. The maximum Gasteiger partial charge on any atom is 0.243 e. The monoisotopic (exact) mass is 499 g/mol. The SMILES string of the molecule is Cc1ccc(C)c(N2CC(C(=O)Nc3ccc(S(=O)(=O)N(CC(C)C)CC(C)C)cc3)CC2=O)c1. The van der Waals surface area contributed by atoms with E-state index in [2.05, 4.69) is 5.32 Å². The third kappa shape index (κ3) is 6.49. The lowest BCUT2D eigenvalue weighted by molar-refractivity contribution is -0.122. The highest BCUT2D eigenvalue weighted by atomic mass is 32.2. The molecule has 2 amide bonds. The van der Waals surface area contributed by atoms with Crippen LogP contribution in [0.3, 0.4) is 0 Å². The van der Waals surface area contributed by atoms with E-state index in [-0.39, 0.29) is 35.0 Å². The van der Waals surface area contributed by atoms with Gasteiger partial charge in [-0.2, -0.15) is 4.31 Å². The first kappa shape index (κ1) is 26.9. The first-order chi connectivity index (χ1) is 16.4. The highest BCUT2D eigenvalue weighted by molar-refractivity contribution is 7.89. The molecule has 0 aromatic heterocycles. The topological polar surface area (TPSA) is 86.8 Å². The molecule has 1 saturated heterocycles. The summed E-state index contributed by atoms with van der Waals surface area (Å²) in [4.78, 5) is 27.4. The molecule has 2 aromatic rings. The summed E-state index contributed by atoms with van der Waals surface area (Å²) in [5.41, 5.74) is 3.39. The Morgan fingerprint density at radius 3 is 2.20 bits per heavy atom. The van der Waals surface area contributed by atoms with E-state index in [1.165, 1.54) is 16.4 Å². The fourth-order valence-electron chi connectivity index (χ4n) is 4.32. The summed E-state index contributed by atoms with van der Waals surface area (Å²) in [5.74, 6) is -0.379. The number of rotatable bonds is 9. The molecular formula is C27H37N3O4S. The van der Waals surface area contributed by atoms with Gasteiger partial charge in [-0.1, -0.05) is 39.8 Å². The zero-order chi connectivity index (χ0) is 25.9. The Kier molecular flexibility index (Phi) is 8.38. The predicted molar refractivity (Wildman–Crippen MR) is 140 cm³/mol. The smallest absolute Gasteiger partial charge is 0.243 e. The standard InChI is InChI=1S/C27H37N3O4S/c1-18(2)15-29(16-19(3)4)35(33,34)24-11-9-23(10-12-24)28-27(32)22-14-26(31)30(17-22)25-13-20(5)7-8-21(25)6/h7-13,18-19,22H,14-17H2,1-6H3,(H,28,32). The zero-order valence-electron chi connectivity index (χ0n) is 21.5. The van der Waals surface area contributed by atoms with E-state index < -0.39 is 15.9 Å². The minimum atomic E-state index is -3.64. The molecule has 1 fully saturated rings. The first-order valence-electron chi connectivity index (χ1n) is 12.2. The van der Waals surface area contributed by atoms with Crippen LogP contribution in [0, 0.1) is 31.6 Å². The normalized spacial score (nSPS) is 16.5. The van der Waals surface area contributed by atoms with E-state index >= 15 is 0 Å². The number of aryl methyl sites for hydroxylation is 2. The van der Waals surface area contributed by atoms with Crippen molar-refractivity contribution in [3.63, 3.8) is 0 Å². The summed E-state index contributed by atoms with van der Waals surface area (Å²) in [7, 11) is -3.64. The van der Waals surface area contributed by atoms with Crippen molar-refractivity contribution < 1.29 is 18.0 Å². The summed E-state index contributed by atoms with van der Waals surface area (Å²) in [6.45, 7) is 13.1. The van der Waals surface area contributed by atoms with Gasteiger partial charge < -0.3 is 10.2 Å². The second-order valence-corrected chi connectivity index (χ2v) is 12.3. The van der Waals surface area contributed by atoms with Gasteiger partial charge in [-0.25, -0.2) is 8.42 Å². The molecule has 1 unspecified atom stereocenters. The van der Waals surface area contributed by atoms with Crippen molar-refractivity contribution in [2.24, 2.45) is 17.8 Å². The fourth-order valence-corrected chi connectivity index (χ4v) is 6.08. The summed E-state index contributed by atoms with van der Waals surface area (Å²) >= 11 is 0. The molecule has 1 aliphatic heterocycles. The van der Waals surface area contributed by atoms with Crippen LogP contribution in [0.2, 0.25) is 0 Å². The van der Waals surface area contributed by atoms with E-state index in [0.29, 0.717) is 25.3 Å². The number of carbonyl (C=O) groups excluding carboxylic acids is 2. The minimum Gasteiger partial charge on any atom is -0.326 e. The molecule has 0 spiro atoms. The average Bonchev–Trinajstić information content (AvgIpc) is 3.16. The third-order valence-electron chi connectivity index (χ3n) is 6.05. The van der Waals surface area contributed by atoms with Gasteiger partial charge in [0.25, 0.3) is 0 Å². The second kappa shape index (κ2) is 10.9. The van der Waals surface area contributed by atoms with Crippen molar-refractivity contribution >= 4 is 33.2 Å². The second-order valence-electron chi connectivity index (χ2n) is 10.3. The van der Waals surface area contributed by atoms with Gasteiger partial charge in [0.15, 0.2) is 0 Å². The Hall–Kier alpha value is -2.71. The highest BCUT2D eigenvalue weighted by Gasteiger charge is 2.36. The van der Waals surface area contributed by atoms with Gasteiger partial charge in [0.2, 0.25) is 21.8 Å². The quantitative estimate of drug-likeness (QED) is 0.546. The lowest BCUT2D eigenvalue weighted by Crippen LogP contribution is -2.37. The van der Waals surface area contributed by atoms with Crippen molar-refractivity contribution in [3.05, 3.63) is 53.6 Å². The van der Waals surface area contributed by atoms with E-state index in [4.69, 9.17) is 0 Å². The van der Waals surface area contributed by atoms with Crippen LogP contribution in [-0.2, 0) is 19.6 Å². The molecule has 3 rings (SSSR count). The Morgan fingerprint density at radius 1 is 1.03 bits per heavy atom. The van der Waals surface area contributed by atoms with Gasteiger partial charge in [-0.05, 0) is 67.1 Å². The Labute approximate surface area is 209 Å². The van der Waals surface area contributed by atoms with Gasteiger partial charge in [-0.15, -0.1) is 0 Å². The van der Waals surface area contributed by atoms with Crippen molar-refractivity contribution in [2.45, 2.75) is 52.9 Å². The predicted octanol–water partition coefficient (Wildman–Crippen LogP) is 4.60. The molecule has 2 aromatic carbocycles. The van der Waals surface area contributed by atoms with E-state index in [0.717, 1.165) is 16.8 Å². The molecular weight excluding hydrogens is 462 g/mol. The van der Waals surface area contributed by atoms with Crippen molar-refractivity contribution in [2.75, 3.05) is 29.9 Å². The molecule has 0 radical (unpaired) electrons. The molecule has 1 aliphatic rings. The molecule has 7 nitrogen and oxygen atoms in total. The average molecular weight is 500 g/mol. The van der Waals surface area contributed by atoms with E-state index in [9.17, 15) is 18.0 Å². The summed E-state index contributed by atoms with van der Waals surface area (Å²) < 4.78 is 27.9. The molecule has 0 saturated carbocycles. The third-order valence-corrected chi connectivity index (χ3v) is 7.89. The molecule has 0 aliphatic carbocycles. The number of nitrogens with zero attached hydrogens (tertiary/aromatic N) is 2. The number of hydrogen-bond acceptors (Lipinski definition) is 4. The lowest BCUT2D eigenvalue weighted by Gasteiger charge is -2.25. The molecule has 1 N–H and O–H groups in total. The van der Waals surface area contributed by atoms with Crippen LogP contribution >= 0.6 is 0 Å². The van der Waals surface area contributed by atoms with Crippen LogP contribution in [0.25, 0.3) is 0 Å². The summed E-state index contributed by atoms with van der Waals surface area (Å²) in [5, 5.41) is 2.85. The Bertz CT molecular complexity index is 1160. The summed E-state index contributed by atoms with van der Waals surface area (Å²) in [6, 6.07) is 12.2. The first-order valence-corrected chi connectivity index (χ1v) is 13.6. The maximum absolute atomic E-state index is 13.2. The van der Waals surface area contributed by atoms with Crippen molar-refractivity contribution in [3.8, 4) is 0 Å². The van der Waals surface area contributed by atoms with Crippen LogP contribution in [0.15, 0.2) is 47.4 Å². The van der Waals surface area contributed by atoms with E-state index in [1.807, 2.05) is 59.7 Å². The minimum absolute atomic E-state index is 0.0734. The molecule has 1 heterocycles. The number of hydrogen-bond donors (Lipinski definition) is 1. The number of nitrogens with one attached hydrogen (secondary N) is 1. The number of amides is 2. The molecule has 1 atom stereocenters. The van der Waals surface area contributed by atoms with Gasteiger partial charge >= 0.3 is 0 Å². The van der Waals surface area contributed by atoms with Gasteiger partial charge in [0.05, 0.1) is 10.8 Å². The van der Waals surface area contributed by atoms with Gasteiger partial charge in [0, 0.05) is 37.4 Å². The highest BCUT2D eigenvalue weighted by Crippen LogP contribution is 2.29. The fraction of sp³-hybridized carbons (Fsp3) is 0.481. The van der Waals surface area contributed by atoms with Crippen LogP contribution in [0.4, 0.5) is 11.4 Å². The Morgan fingerprint density at radius 2 is 1.63 bits per heavy atom. The number of carbonyl (C=O) groups is 2. The van der Waals surface area contributed by atoms with Crippen molar-refractivity contribution in [1.29, 1.82) is 0 Å². The van der Waals surface area contributed by atoms with Crippen LogP contribution in [0.1, 0.15) is 45.2 Å².